The smallest absolute Gasteiger partial charge is 0.228 e. The van der Waals surface area contributed by atoms with Gasteiger partial charge in [-0.3, -0.25) is 4.79 Å². The Morgan fingerprint density at radius 2 is 2.09 bits per heavy atom. The third kappa shape index (κ3) is 5.85. The van der Waals surface area contributed by atoms with Crippen molar-refractivity contribution in [3.05, 3.63) is 65.7 Å². The highest BCUT2D eigenvalue weighted by atomic mass is 16.3. The Bertz CT molecular complexity index is 602. The lowest BCUT2D eigenvalue weighted by Crippen LogP contribution is -2.12. The molecule has 1 rings (SSSR count). The molecule has 0 bridgehead atoms. The molecule has 0 saturated carbocycles. The lowest BCUT2D eigenvalue weighted by atomic mass is 10.1. The summed E-state index contributed by atoms with van der Waals surface area (Å²) in [6.07, 6.45) is 3.39. The van der Waals surface area contributed by atoms with Crippen LogP contribution in [0.4, 0.5) is 5.69 Å². The minimum atomic E-state index is -0.500. The number of carbonyl (C=O) groups excluding carboxylic acids is 1. The number of carbonyl (C=O) groups is 1. The lowest BCUT2D eigenvalue weighted by molar-refractivity contribution is -0.115. The van der Waals surface area contributed by atoms with E-state index in [2.05, 4.69) is 11.9 Å². The van der Waals surface area contributed by atoms with Gasteiger partial charge in [0, 0.05) is 5.69 Å². The van der Waals surface area contributed by atoms with E-state index in [1.165, 1.54) is 12.2 Å². The fourth-order valence-corrected chi connectivity index (χ4v) is 1.82. The number of rotatable bonds is 7. The molecular weight excluding hydrogens is 282 g/mol. The monoisotopic (exact) mass is 303 g/mol. The highest BCUT2D eigenvalue weighted by Gasteiger charge is 2.07. The molecule has 0 fully saturated rings. The number of benzene rings is 1. The number of aryl methyl sites for hydroxylation is 1. The van der Waals surface area contributed by atoms with Crippen LogP contribution in [0.1, 0.15) is 18.9 Å². The largest absolute Gasteiger partial charge is 0.505 e. The van der Waals surface area contributed by atoms with Crippen LogP contribution in [0.5, 0.6) is 0 Å². The van der Waals surface area contributed by atoms with Gasteiger partial charge in [0.05, 0.1) is 13.0 Å². The first-order valence-corrected chi connectivity index (χ1v) is 6.93. The molecule has 0 saturated heterocycles. The van der Waals surface area contributed by atoms with Crippen molar-refractivity contribution < 1.29 is 20.1 Å². The van der Waals surface area contributed by atoms with Crippen LogP contribution in [-0.2, 0) is 11.2 Å². The Morgan fingerprint density at radius 3 is 2.68 bits per heavy atom. The van der Waals surface area contributed by atoms with Crippen LogP contribution in [0.3, 0.4) is 0 Å². The van der Waals surface area contributed by atoms with Crippen molar-refractivity contribution in [3.63, 3.8) is 0 Å². The van der Waals surface area contributed by atoms with Crippen molar-refractivity contribution in [2.24, 2.45) is 0 Å². The quantitative estimate of drug-likeness (QED) is 0.460. The fraction of sp³-hybridized carbons (Fsp3) is 0.235. The Kier molecular flexibility index (Phi) is 6.92. The van der Waals surface area contributed by atoms with Crippen molar-refractivity contribution in [1.82, 2.24) is 0 Å². The molecule has 1 aromatic rings. The van der Waals surface area contributed by atoms with Crippen LogP contribution in [0, 0.1) is 0 Å². The van der Waals surface area contributed by atoms with E-state index in [4.69, 9.17) is 10.2 Å². The average Bonchev–Trinajstić information content (AvgIpc) is 2.47. The van der Waals surface area contributed by atoms with Gasteiger partial charge in [0.15, 0.2) is 5.76 Å². The molecule has 0 heterocycles. The molecule has 0 aliphatic carbocycles. The number of allylic oxidation sites excluding steroid dienone is 1. The van der Waals surface area contributed by atoms with Crippen LogP contribution in [0.25, 0.3) is 0 Å². The number of aliphatic hydroxyl groups excluding tert-OH is 3. The third-order valence-corrected chi connectivity index (χ3v) is 2.95. The molecule has 0 aromatic heterocycles. The molecular formula is C17H21NO4. The number of amides is 1. The second kappa shape index (κ2) is 8.69. The molecule has 0 aliphatic rings. The Labute approximate surface area is 129 Å². The van der Waals surface area contributed by atoms with Gasteiger partial charge < -0.3 is 20.6 Å². The van der Waals surface area contributed by atoms with Crippen molar-refractivity contribution in [2.75, 3.05) is 11.9 Å². The zero-order valence-corrected chi connectivity index (χ0v) is 12.5. The molecule has 0 aliphatic heterocycles. The van der Waals surface area contributed by atoms with E-state index in [-0.39, 0.29) is 18.9 Å². The third-order valence-electron chi connectivity index (χ3n) is 2.95. The summed E-state index contributed by atoms with van der Waals surface area (Å²) in [5, 5.41) is 30.2. The number of hydrogen-bond acceptors (Lipinski definition) is 4. The van der Waals surface area contributed by atoms with Gasteiger partial charge in [-0.15, -0.1) is 0 Å². The zero-order valence-electron chi connectivity index (χ0n) is 12.5. The standard InChI is InChI=1S/C17H21NO4/c1-3-13-5-4-6-15(9-13)18-17(22)11-14(7-8-19)10-16(21)12(2)20/h4-7,9-10,19-21H,2-3,8,11H2,1H3,(H,18,22)/b14-7+,16-10+. The normalized spacial score (nSPS) is 12.1. The van der Waals surface area contributed by atoms with Gasteiger partial charge in [-0.1, -0.05) is 31.7 Å². The van der Waals surface area contributed by atoms with Crippen molar-refractivity contribution in [2.45, 2.75) is 19.8 Å². The number of aliphatic hydroxyl groups is 3. The topological polar surface area (TPSA) is 89.8 Å². The number of nitrogens with one attached hydrogen (secondary N) is 1. The van der Waals surface area contributed by atoms with E-state index in [0.29, 0.717) is 11.3 Å². The maximum absolute atomic E-state index is 12.0. The van der Waals surface area contributed by atoms with Crippen LogP contribution in [0.2, 0.25) is 0 Å². The molecule has 5 nitrogen and oxygen atoms in total. The summed E-state index contributed by atoms with van der Waals surface area (Å²) in [6, 6.07) is 7.51. The van der Waals surface area contributed by atoms with Gasteiger partial charge in [0.25, 0.3) is 0 Å². The molecule has 0 atom stereocenters. The van der Waals surface area contributed by atoms with Crippen molar-refractivity contribution in [1.29, 1.82) is 0 Å². The van der Waals surface area contributed by atoms with E-state index in [0.717, 1.165) is 12.0 Å². The maximum atomic E-state index is 12.0. The van der Waals surface area contributed by atoms with E-state index in [1.54, 1.807) is 6.07 Å². The van der Waals surface area contributed by atoms with Gasteiger partial charge in [0.2, 0.25) is 5.91 Å². The Balaban J connectivity index is 2.77. The first-order valence-electron chi connectivity index (χ1n) is 6.93. The molecule has 1 amide bonds. The predicted molar refractivity (Wildman–Crippen MR) is 86.7 cm³/mol. The van der Waals surface area contributed by atoms with Crippen molar-refractivity contribution in [3.8, 4) is 0 Å². The van der Waals surface area contributed by atoms with Crippen LogP contribution >= 0.6 is 0 Å². The lowest BCUT2D eigenvalue weighted by Gasteiger charge is -2.08. The molecule has 22 heavy (non-hydrogen) atoms. The van der Waals surface area contributed by atoms with Gasteiger partial charge in [0.1, 0.15) is 5.76 Å². The van der Waals surface area contributed by atoms with E-state index < -0.39 is 11.5 Å². The van der Waals surface area contributed by atoms with Gasteiger partial charge in [-0.2, -0.15) is 0 Å². The zero-order chi connectivity index (χ0) is 16.5. The van der Waals surface area contributed by atoms with E-state index in [1.807, 2.05) is 25.1 Å². The molecule has 0 unspecified atom stereocenters. The molecule has 118 valence electrons. The summed E-state index contributed by atoms with van der Waals surface area (Å²) in [7, 11) is 0. The molecule has 4 N–H and O–H groups in total. The first-order chi connectivity index (χ1) is 10.5. The summed E-state index contributed by atoms with van der Waals surface area (Å²) in [4.78, 5) is 12.0. The summed E-state index contributed by atoms with van der Waals surface area (Å²) >= 11 is 0. The summed E-state index contributed by atoms with van der Waals surface area (Å²) in [6.45, 7) is 4.93. The van der Waals surface area contributed by atoms with Crippen LogP contribution in [-0.4, -0.2) is 27.8 Å². The second-order valence-electron chi connectivity index (χ2n) is 4.72. The molecule has 0 spiro atoms. The Hall–Kier alpha value is -2.53. The van der Waals surface area contributed by atoms with Crippen LogP contribution < -0.4 is 5.32 Å². The van der Waals surface area contributed by atoms with Crippen LogP contribution in [0.15, 0.2) is 60.1 Å². The van der Waals surface area contributed by atoms with E-state index >= 15 is 0 Å². The van der Waals surface area contributed by atoms with Gasteiger partial charge >= 0.3 is 0 Å². The summed E-state index contributed by atoms with van der Waals surface area (Å²) in [5.41, 5.74) is 2.17. The van der Waals surface area contributed by atoms with Gasteiger partial charge in [-0.25, -0.2) is 0 Å². The van der Waals surface area contributed by atoms with Gasteiger partial charge in [-0.05, 0) is 35.8 Å². The number of anilines is 1. The molecule has 1 aromatic carbocycles. The Morgan fingerprint density at radius 1 is 1.36 bits per heavy atom. The minimum Gasteiger partial charge on any atom is -0.505 e. The van der Waals surface area contributed by atoms with Crippen molar-refractivity contribution >= 4 is 11.6 Å². The SMILES string of the molecule is C=C(O)/C(O)=C\C(=C/CO)CC(=O)Nc1cccc(CC)c1. The summed E-state index contributed by atoms with van der Waals surface area (Å²) in [5.74, 6) is -1.24. The summed E-state index contributed by atoms with van der Waals surface area (Å²) < 4.78 is 0. The molecule has 0 radical (unpaired) electrons. The second-order valence-corrected chi connectivity index (χ2v) is 4.72. The first kappa shape index (κ1) is 17.5. The highest BCUT2D eigenvalue weighted by molar-refractivity contribution is 5.92. The number of hydrogen-bond donors (Lipinski definition) is 4. The minimum absolute atomic E-state index is 0.0474. The fourth-order valence-electron chi connectivity index (χ4n) is 1.82. The average molecular weight is 303 g/mol. The highest BCUT2D eigenvalue weighted by Crippen LogP contribution is 2.14. The maximum Gasteiger partial charge on any atom is 0.228 e. The van der Waals surface area contributed by atoms with E-state index in [9.17, 15) is 9.90 Å². The predicted octanol–water partition coefficient (Wildman–Crippen LogP) is 3.01. The molecule has 5 heteroatoms.